The topological polar surface area (TPSA) is 35.5 Å². The molecule has 0 saturated carbocycles. The van der Waals surface area contributed by atoms with Gasteiger partial charge in [0.05, 0.1) is 7.14 Å². The number of rotatable bonds is 4. The van der Waals surface area contributed by atoms with E-state index in [4.69, 9.17) is 9.47 Å². The van der Waals surface area contributed by atoms with E-state index in [1.165, 1.54) is 10.5 Å². The Hall–Kier alpha value is -0.100. The zero-order valence-electron chi connectivity index (χ0n) is 11.0. The second kappa shape index (κ2) is 7.95. The Morgan fingerprint density at radius 1 is 1.05 bits per heavy atom. The van der Waals surface area contributed by atoms with E-state index < -0.39 is 0 Å². The highest BCUT2D eigenvalue weighted by molar-refractivity contribution is 14.1. The number of halogens is 3. The van der Waals surface area contributed by atoms with Gasteiger partial charge in [0.2, 0.25) is 0 Å². The van der Waals surface area contributed by atoms with Crippen LogP contribution in [0.2, 0.25) is 0 Å². The fraction of sp³-hybridized carbons (Fsp3) is 0.133. The average Bonchev–Trinajstić information content (AvgIpc) is 2.39. The third kappa shape index (κ3) is 5.23. The van der Waals surface area contributed by atoms with E-state index in [0.29, 0.717) is 12.4 Å². The van der Waals surface area contributed by atoms with Crippen molar-refractivity contribution >= 4 is 73.7 Å². The first kappa shape index (κ1) is 17.3. The smallest absolute Gasteiger partial charge is 0.308 e. The number of esters is 1. The highest BCUT2D eigenvalue weighted by atomic mass is 127. The van der Waals surface area contributed by atoms with E-state index in [1.807, 2.05) is 0 Å². The molecule has 0 amide bonds. The van der Waals surface area contributed by atoms with Crippen molar-refractivity contribution in [3.8, 4) is 11.5 Å². The summed E-state index contributed by atoms with van der Waals surface area (Å²) >= 11 is 6.64. The molecule has 0 bridgehead atoms. The number of ether oxygens (including phenoxy) is 2. The van der Waals surface area contributed by atoms with Crippen LogP contribution in [0.15, 0.2) is 36.4 Å². The standard InChI is InChI=1S/C15H11I3O3/c1-9(19)21-12-6-13(17)15(14(18)7-12)20-8-10-2-4-11(16)5-3-10/h2-7H,8H2,1H3. The molecular formula is C15H11I3O3. The third-order valence-electron chi connectivity index (χ3n) is 2.53. The highest BCUT2D eigenvalue weighted by Crippen LogP contribution is 2.32. The van der Waals surface area contributed by atoms with Crippen molar-refractivity contribution in [1.29, 1.82) is 0 Å². The van der Waals surface area contributed by atoms with Crippen LogP contribution in [0.1, 0.15) is 12.5 Å². The lowest BCUT2D eigenvalue weighted by molar-refractivity contribution is -0.131. The summed E-state index contributed by atoms with van der Waals surface area (Å²) in [4.78, 5) is 11.0. The maximum atomic E-state index is 11.0. The van der Waals surface area contributed by atoms with Gasteiger partial charge in [-0.3, -0.25) is 4.79 Å². The van der Waals surface area contributed by atoms with Crippen LogP contribution in [-0.4, -0.2) is 5.97 Å². The molecule has 0 aromatic heterocycles. The van der Waals surface area contributed by atoms with E-state index in [1.54, 1.807) is 12.1 Å². The molecule has 0 radical (unpaired) electrons. The zero-order valence-corrected chi connectivity index (χ0v) is 17.5. The van der Waals surface area contributed by atoms with Crippen molar-refractivity contribution in [3.63, 3.8) is 0 Å². The highest BCUT2D eigenvalue weighted by Gasteiger charge is 2.11. The molecule has 0 saturated heterocycles. The van der Waals surface area contributed by atoms with Crippen LogP contribution in [0.3, 0.4) is 0 Å². The summed E-state index contributed by atoms with van der Waals surface area (Å²) in [7, 11) is 0. The normalized spacial score (nSPS) is 10.3. The van der Waals surface area contributed by atoms with Gasteiger partial charge in [0.15, 0.2) is 0 Å². The van der Waals surface area contributed by atoms with Crippen molar-refractivity contribution < 1.29 is 14.3 Å². The van der Waals surface area contributed by atoms with Gasteiger partial charge in [0, 0.05) is 10.5 Å². The summed E-state index contributed by atoms with van der Waals surface area (Å²) in [6.07, 6.45) is 0. The third-order valence-corrected chi connectivity index (χ3v) is 4.85. The van der Waals surface area contributed by atoms with Gasteiger partial charge < -0.3 is 9.47 Å². The van der Waals surface area contributed by atoms with Crippen molar-refractivity contribution in [1.82, 2.24) is 0 Å². The maximum absolute atomic E-state index is 11.0. The van der Waals surface area contributed by atoms with Crippen LogP contribution in [0.25, 0.3) is 0 Å². The average molecular weight is 620 g/mol. The van der Waals surface area contributed by atoms with Gasteiger partial charge in [-0.1, -0.05) is 12.1 Å². The Balaban J connectivity index is 2.13. The van der Waals surface area contributed by atoms with E-state index >= 15 is 0 Å². The Morgan fingerprint density at radius 3 is 2.14 bits per heavy atom. The van der Waals surface area contributed by atoms with Gasteiger partial charge in [-0.25, -0.2) is 0 Å². The summed E-state index contributed by atoms with van der Waals surface area (Å²) in [5.74, 6) is 1.03. The summed E-state index contributed by atoms with van der Waals surface area (Å²) in [5.41, 5.74) is 1.12. The predicted molar refractivity (Wildman–Crippen MR) is 107 cm³/mol. The molecule has 0 aliphatic heterocycles. The van der Waals surface area contributed by atoms with Crippen molar-refractivity contribution in [2.45, 2.75) is 13.5 Å². The molecule has 0 heterocycles. The molecule has 0 N–H and O–H groups in total. The maximum Gasteiger partial charge on any atom is 0.308 e. The minimum atomic E-state index is -0.325. The van der Waals surface area contributed by atoms with Crippen LogP contribution in [-0.2, 0) is 11.4 Å². The van der Waals surface area contributed by atoms with Crippen molar-refractivity contribution in [2.75, 3.05) is 0 Å². The summed E-state index contributed by atoms with van der Waals surface area (Å²) < 4.78 is 14.0. The number of carbonyl (C=O) groups is 1. The Bertz CT molecular complexity index is 631. The number of carbonyl (C=O) groups excluding carboxylic acids is 1. The fourth-order valence-corrected chi connectivity index (χ4v) is 4.02. The Morgan fingerprint density at radius 2 is 1.62 bits per heavy atom. The minimum Gasteiger partial charge on any atom is -0.487 e. The molecule has 0 spiro atoms. The molecule has 0 aliphatic rings. The molecule has 0 aliphatic carbocycles. The molecule has 2 aromatic rings. The fourth-order valence-electron chi connectivity index (χ4n) is 1.64. The molecule has 0 atom stereocenters. The lowest BCUT2D eigenvalue weighted by atomic mass is 10.2. The van der Waals surface area contributed by atoms with Gasteiger partial charge in [-0.2, -0.15) is 0 Å². The van der Waals surface area contributed by atoms with Crippen LogP contribution < -0.4 is 9.47 Å². The molecule has 0 unspecified atom stereocenters. The van der Waals surface area contributed by atoms with Crippen molar-refractivity contribution in [3.05, 3.63) is 52.7 Å². The van der Waals surface area contributed by atoms with Gasteiger partial charge in [0.25, 0.3) is 0 Å². The summed E-state index contributed by atoms with van der Waals surface area (Å²) in [6.45, 7) is 1.90. The second-order valence-corrected chi connectivity index (χ2v) is 7.79. The largest absolute Gasteiger partial charge is 0.487 e. The molecule has 110 valence electrons. The molecule has 6 heteroatoms. The van der Waals surface area contributed by atoms with E-state index in [9.17, 15) is 4.79 Å². The van der Waals surface area contributed by atoms with Gasteiger partial charge in [-0.15, -0.1) is 0 Å². The SMILES string of the molecule is CC(=O)Oc1cc(I)c(OCc2ccc(I)cc2)c(I)c1. The lowest BCUT2D eigenvalue weighted by Crippen LogP contribution is -2.04. The van der Waals surface area contributed by atoms with Crippen LogP contribution in [0, 0.1) is 10.7 Å². The molecule has 2 rings (SSSR count). The Labute approximate surface area is 164 Å². The molecule has 21 heavy (non-hydrogen) atoms. The summed E-state index contributed by atoms with van der Waals surface area (Å²) in [6, 6.07) is 11.8. The number of hydrogen-bond acceptors (Lipinski definition) is 3. The number of hydrogen-bond donors (Lipinski definition) is 0. The van der Waals surface area contributed by atoms with Crippen LogP contribution in [0.5, 0.6) is 11.5 Å². The van der Waals surface area contributed by atoms with E-state index in [2.05, 4.69) is 92.0 Å². The molecule has 2 aromatic carbocycles. The minimum absolute atomic E-state index is 0.325. The molecular weight excluding hydrogens is 609 g/mol. The van der Waals surface area contributed by atoms with Crippen molar-refractivity contribution in [2.24, 2.45) is 0 Å². The van der Waals surface area contributed by atoms with Gasteiger partial charge in [-0.05, 0) is 97.6 Å². The van der Waals surface area contributed by atoms with Gasteiger partial charge >= 0.3 is 5.97 Å². The van der Waals surface area contributed by atoms with E-state index in [-0.39, 0.29) is 5.97 Å². The van der Waals surface area contributed by atoms with Gasteiger partial charge in [0.1, 0.15) is 18.1 Å². The lowest BCUT2D eigenvalue weighted by Gasteiger charge is -2.12. The first-order chi connectivity index (χ1) is 9.95. The zero-order chi connectivity index (χ0) is 15.4. The number of benzene rings is 2. The first-order valence-electron chi connectivity index (χ1n) is 6.00. The van der Waals surface area contributed by atoms with Crippen LogP contribution in [0.4, 0.5) is 0 Å². The quantitative estimate of drug-likeness (QED) is 0.275. The van der Waals surface area contributed by atoms with E-state index in [0.717, 1.165) is 18.5 Å². The molecule has 3 nitrogen and oxygen atoms in total. The summed E-state index contributed by atoms with van der Waals surface area (Å²) in [5, 5.41) is 0. The predicted octanol–water partition coefficient (Wildman–Crippen LogP) is 5.00. The second-order valence-electron chi connectivity index (χ2n) is 4.22. The monoisotopic (exact) mass is 620 g/mol. The first-order valence-corrected chi connectivity index (χ1v) is 9.24. The Kier molecular flexibility index (Phi) is 6.53. The van der Waals surface area contributed by atoms with Crippen LogP contribution >= 0.6 is 67.8 Å². The molecule has 0 fully saturated rings.